The van der Waals surface area contributed by atoms with Gasteiger partial charge in [0, 0.05) is 6.42 Å². The molecule has 19 heavy (non-hydrogen) atoms. The fourth-order valence-electron chi connectivity index (χ4n) is 1.77. The monoisotopic (exact) mass is 284 g/mol. The third-order valence-corrected chi connectivity index (χ3v) is 4.94. The highest BCUT2D eigenvalue weighted by Gasteiger charge is 2.14. The van der Waals surface area contributed by atoms with Gasteiger partial charge < -0.3 is 5.11 Å². The normalized spacial score (nSPS) is 11.5. The molecule has 0 aliphatic carbocycles. The van der Waals surface area contributed by atoms with E-state index in [0.29, 0.717) is 24.2 Å². The summed E-state index contributed by atoms with van der Waals surface area (Å²) in [5.41, 5.74) is 2.03. The van der Waals surface area contributed by atoms with Crippen molar-refractivity contribution in [1.82, 2.24) is 0 Å². The number of carboxylic acids is 1. The summed E-state index contributed by atoms with van der Waals surface area (Å²) < 4.78 is 24.2. The zero-order valence-corrected chi connectivity index (χ0v) is 12.2. The molecule has 0 spiro atoms. The largest absolute Gasteiger partial charge is 0.481 e. The Hall–Kier alpha value is -1.36. The van der Waals surface area contributed by atoms with Crippen LogP contribution in [0.1, 0.15) is 36.8 Å². The Morgan fingerprint density at radius 1 is 1.11 bits per heavy atom. The molecule has 1 N–H and O–H groups in total. The first-order chi connectivity index (χ1) is 8.83. The Morgan fingerprint density at radius 3 is 2.37 bits per heavy atom. The zero-order valence-electron chi connectivity index (χ0n) is 11.3. The van der Waals surface area contributed by atoms with Gasteiger partial charge in [0.15, 0.2) is 9.84 Å². The van der Waals surface area contributed by atoms with Crippen LogP contribution in [0.25, 0.3) is 0 Å². The molecule has 0 saturated carbocycles. The average Bonchev–Trinajstić information content (AvgIpc) is 2.31. The van der Waals surface area contributed by atoms with Crippen molar-refractivity contribution >= 4 is 15.8 Å². The summed E-state index contributed by atoms with van der Waals surface area (Å²) in [5, 5.41) is 8.49. The number of sulfone groups is 1. The third-order valence-electron chi connectivity index (χ3n) is 3.14. The Balaban J connectivity index is 2.56. The highest BCUT2D eigenvalue weighted by molar-refractivity contribution is 7.91. The van der Waals surface area contributed by atoms with E-state index < -0.39 is 15.8 Å². The summed E-state index contributed by atoms with van der Waals surface area (Å²) in [6.45, 7) is 3.83. The van der Waals surface area contributed by atoms with E-state index in [1.807, 2.05) is 19.9 Å². The summed E-state index contributed by atoms with van der Waals surface area (Å²) in [6, 6.07) is 5.14. The van der Waals surface area contributed by atoms with Crippen molar-refractivity contribution in [1.29, 1.82) is 0 Å². The fourth-order valence-corrected chi connectivity index (χ4v) is 3.22. The van der Waals surface area contributed by atoms with Crippen LogP contribution in [0.5, 0.6) is 0 Å². The van der Waals surface area contributed by atoms with Crippen LogP contribution in [-0.2, 0) is 14.6 Å². The number of aliphatic carboxylic acids is 1. The first-order valence-electron chi connectivity index (χ1n) is 6.35. The van der Waals surface area contributed by atoms with Crippen LogP contribution in [0, 0.1) is 13.8 Å². The minimum Gasteiger partial charge on any atom is -0.481 e. The van der Waals surface area contributed by atoms with Gasteiger partial charge in [-0.05, 0) is 49.9 Å². The molecule has 0 unspecified atom stereocenters. The van der Waals surface area contributed by atoms with E-state index >= 15 is 0 Å². The van der Waals surface area contributed by atoms with Crippen LogP contribution >= 0.6 is 0 Å². The lowest BCUT2D eigenvalue weighted by molar-refractivity contribution is -0.137. The molecular formula is C14H20O4S. The van der Waals surface area contributed by atoms with Gasteiger partial charge in [0.25, 0.3) is 0 Å². The number of unbranched alkanes of at least 4 members (excludes halogenated alkanes) is 2. The van der Waals surface area contributed by atoms with E-state index in [9.17, 15) is 13.2 Å². The molecule has 1 rings (SSSR count). The highest BCUT2D eigenvalue weighted by Crippen LogP contribution is 2.17. The van der Waals surface area contributed by atoms with E-state index in [-0.39, 0.29) is 12.2 Å². The maximum Gasteiger partial charge on any atom is 0.303 e. The molecule has 4 nitrogen and oxygen atoms in total. The second kappa shape index (κ2) is 6.70. The average molecular weight is 284 g/mol. The lowest BCUT2D eigenvalue weighted by Gasteiger charge is -2.07. The molecule has 0 fully saturated rings. The number of rotatable bonds is 7. The minimum atomic E-state index is -3.25. The van der Waals surface area contributed by atoms with Crippen molar-refractivity contribution in [2.45, 2.75) is 44.4 Å². The molecule has 1 aromatic rings. The number of carbonyl (C=O) groups is 1. The molecule has 106 valence electrons. The van der Waals surface area contributed by atoms with Crippen LogP contribution in [0.3, 0.4) is 0 Å². The smallest absolute Gasteiger partial charge is 0.303 e. The van der Waals surface area contributed by atoms with Gasteiger partial charge in [0.1, 0.15) is 0 Å². The van der Waals surface area contributed by atoms with E-state index in [1.54, 1.807) is 12.1 Å². The predicted molar refractivity (Wildman–Crippen MR) is 74.1 cm³/mol. The van der Waals surface area contributed by atoms with Crippen LogP contribution in [-0.4, -0.2) is 25.2 Å². The van der Waals surface area contributed by atoms with E-state index in [0.717, 1.165) is 11.1 Å². The Morgan fingerprint density at radius 2 is 1.79 bits per heavy atom. The van der Waals surface area contributed by atoms with Crippen molar-refractivity contribution in [2.75, 3.05) is 5.75 Å². The van der Waals surface area contributed by atoms with Gasteiger partial charge >= 0.3 is 5.97 Å². The SMILES string of the molecule is Cc1ccc(S(=O)(=O)CCCCCC(=O)O)cc1C. The zero-order chi connectivity index (χ0) is 14.5. The topological polar surface area (TPSA) is 71.4 Å². The molecule has 0 aliphatic rings. The van der Waals surface area contributed by atoms with Crippen molar-refractivity contribution < 1.29 is 18.3 Å². The van der Waals surface area contributed by atoms with Crippen LogP contribution in [0.15, 0.2) is 23.1 Å². The van der Waals surface area contributed by atoms with E-state index in [4.69, 9.17) is 5.11 Å². The molecule has 5 heteroatoms. The van der Waals surface area contributed by atoms with E-state index in [1.165, 1.54) is 0 Å². The van der Waals surface area contributed by atoms with Gasteiger partial charge in [0.05, 0.1) is 10.6 Å². The summed E-state index contributed by atoms with van der Waals surface area (Å²) in [7, 11) is -3.25. The standard InChI is InChI=1S/C14H20O4S/c1-11-7-8-13(10-12(11)2)19(17,18)9-5-3-4-6-14(15)16/h7-8,10H,3-6,9H2,1-2H3,(H,15,16). The molecule has 0 saturated heterocycles. The van der Waals surface area contributed by atoms with Gasteiger partial charge in [-0.25, -0.2) is 8.42 Å². The molecule has 0 atom stereocenters. The van der Waals surface area contributed by atoms with Crippen molar-refractivity contribution in [3.05, 3.63) is 29.3 Å². The summed E-state index contributed by atoms with van der Waals surface area (Å²) in [4.78, 5) is 10.7. The Bertz CT molecular complexity index is 547. The molecule has 1 aromatic carbocycles. The van der Waals surface area contributed by atoms with Gasteiger partial charge in [0.2, 0.25) is 0 Å². The van der Waals surface area contributed by atoms with Crippen molar-refractivity contribution in [3.63, 3.8) is 0 Å². The van der Waals surface area contributed by atoms with Gasteiger partial charge in [-0.2, -0.15) is 0 Å². The maximum atomic E-state index is 12.1. The highest BCUT2D eigenvalue weighted by atomic mass is 32.2. The molecular weight excluding hydrogens is 264 g/mol. The molecule has 0 aromatic heterocycles. The van der Waals surface area contributed by atoms with E-state index in [2.05, 4.69) is 0 Å². The number of hydrogen-bond acceptors (Lipinski definition) is 3. The number of hydrogen-bond donors (Lipinski definition) is 1. The van der Waals surface area contributed by atoms with Crippen molar-refractivity contribution in [3.8, 4) is 0 Å². The van der Waals surface area contributed by atoms with Crippen LogP contribution in [0.4, 0.5) is 0 Å². The summed E-state index contributed by atoms with van der Waals surface area (Å²) in [6.07, 6.45) is 1.75. The second-order valence-corrected chi connectivity index (χ2v) is 6.88. The van der Waals surface area contributed by atoms with Gasteiger partial charge in [-0.15, -0.1) is 0 Å². The predicted octanol–water partition coefficient (Wildman–Crippen LogP) is 2.72. The molecule has 0 heterocycles. The maximum absolute atomic E-state index is 12.1. The Labute approximate surface area is 114 Å². The van der Waals surface area contributed by atoms with Crippen LogP contribution in [0.2, 0.25) is 0 Å². The Kier molecular flexibility index (Phi) is 5.54. The first kappa shape index (κ1) is 15.7. The quantitative estimate of drug-likeness (QED) is 0.781. The molecule has 0 radical (unpaired) electrons. The second-order valence-electron chi connectivity index (χ2n) is 4.77. The van der Waals surface area contributed by atoms with Gasteiger partial charge in [-0.1, -0.05) is 12.5 Å². The molecule has 0 aliphatic heterocycles. The number of carboxylic acid groups (broad SMARTS) is 1. The lowest BCUT2D eigenvalue weighted by Crippen LogP contribution is -2.07. The van der Waals surface area contributed by atoms with Gasteiger partial charge in [-0.3, -0.25) is 4.79 Å². The van der Waals surface area contributed by atoms with Crippen molar-refractivity contribution in [2.24, 2.45) is 0 Å². The molecule has 0 bridgehead atoms. The molecule has 0 amide bonds. The first-order valence-corrected chi connectivity index (χ1v) is 8.00. The number of aryl methyl sites for hydroxylation is 2. The lowest BCUT2D eigenvalue weighted by atomic mass is 10.1. The third kappa shape index (κ3) is 5.03. The summed E-state index contributed by atoms with van der Waals surface area (Å²) >= 11 is 0. The fraction of sp³-hybridized carbons (Fsp3) is 0.500. The summed E-state index contributed by atoms with van der Waals surface area (Å²) in [5.74, 6) is -0.758. The minimum absolute atomic E-state index is 0.0785. The number of benzene rings is 1. The van der Waals surface area contributed by atoms with Crippen LogP contribution < -0.4 is 0 Å².